The minimum Gasteiger partial charge on any atom is -0.483 e. The molecule has 0 aliphatic carbocycles. The van der Waals surface area contributed by atoms with Gasteiger partial charge in [0.2, 0.25) is 0 Å². The van der Waals surface area contributed by atoms with E-state index in [2.05, 4.69) is 0 Å². The molecule has 30 heavy (non-hydrogen) atoms. The second kappa shape index (κ2) is 9.91. The van der Waals surface area contributed by atoms with Gasteiger partial charge in [-0.05, 0) is 25.0 Å². The summed E-state index contributed by atoms with van der Waals surface area (Å²) in [5.74, 6) is 0.374. The Labute approximate surface area is 185 Å². The molecule has 0 saturated carbocycles. The van der Waals surface area contributed by atoms with E-state index in [0.29, 0.717) is 47.8 Å². The van der Waals surface area contributed by atoms with Gasteiger partial charge >= 0.3 is 0 Å². The van der Waals surface area contributed by atoms with E-state index in [1.807, 2.05) is 18.2 Å². The van der Waals surface area contributed by atoms with Crippen LogP contribution < -0.4 is 4.74 Å². The SMILES string of the molecule is O=C(COc1ccccc1/C=C1/SC(=S)N(C[C@H]2CCCO2)C1=O)N1CCOCC1. The van der Waals surface area contributed by atoms with Gasteiger partial charge in [0.05, 0.1) is 30.8 Å². The number of thioether (sulfide) groups is 1. The van der Waals surface area contributed by atoms with Gasteiger partial charge in [-0.1, -0.05) is 42.2 Å². The summed E-state index contributed by atoms with van der Waals surface area (Å²) in [6.45, 7) is 3.45. The van der Waals surface area contributed by atoms with Crippen LogP contribution in [0.4, 0.5) is 0 Å². The van der Waals surface area contributed by atoms with Crippen molar-refractivity contribution in [2.45, 2.75) is 18.9 Å². The highest BCUT2D eigenvalue weighted by molar-refractivity contribution is 8.26. The summed E-state index contributed by atoms with van der Waals surface area (Å²) in [7, 11) is 0. The Morgan fingerprint density at radius 2 is 2.07 bits per heavy atom. The van der Waals surface area contributed by atoms with Crippen molar-refractivity contribution in [3.05, 3.63) is 34.7 Å². The molecule has 1 atom stereocenters. The highest BCUT2D eigenvalue weighted by Gasteiger charge is 2.34. The van der Waals surface area contributed by atoms with E-state index in [1.165, 1.54) is 11.8 Å². The fourth-order valence-corrected chi connectivity index (χ4v) is 4.83. The summed E-state index contributed by atoms with van der Waals surface area (Å²) in [6, 6.07) is 7.37. The lowest BCUT2D eigenvalue weighted by Crippen LogP contribution is -2.43. The number of nitrogens with zero attached hydrogens (tertiary/aromatic N) is 2. The maximum Gasteiger partial charge on any atom is 0.266 e. The average molecular weight is 449 g/mol. The minimum absolute atomic E-state index is 0.0497. The Morgan fingerprint density at radius 1 is 1.27 bits per heavy atom. The van der Waals surface area contributed by atoms with Crippen molar-refractivity contribution in [3.8, 4) is 5.75 Å². The molecule has 9 heteroatoms. The molecule has 2 amide bonds. The van der Waals surface area contributed by atoms with E-state index >= 15 is 0 Å². The number of amides is 2. The molecule has 4 rings (SSSR count). The lowest BCUT2D eigenvalue weighted by molar-refractivity contribution is -0.137. The quantitative estimate of drug-likeness (QED) is 0.489. The molecule has 1 aromatic rings. The zero-order valence-corrected chi connectivity index (χ0v) is 18.2. The van der Waals surface area contributed by atoms with Gasteiger partial charge in [0.25, 0.3) is 11.8 Å². The van der Waals surface area contributed by atoms with Gasteiger partial charge in [-0.15, -0.1) is 0 Å². The number of hydrogen-bond acceptors (Lipinski definition) is 7. The highest BCUT2D eigenvalue weighted by atomic mass is 32.2. The van der Waals surface area contributed by atoms with Gasteiger partial charge in [-0.3, -0.25) is 14.5 Å². The monoisotopic (exact) mass is 448 g/mol. The number of benzene rings is 1. The highest BCUT2D eigenvalue weighted by Crippen LogP contribution is 2.35. The average Bonchev–Trinajstić information content (AvgIpc) is 3.38. The van der Waals surface area contributed by atoms with Crippen molar-refractivity contribution in [1.82, 2.24) is 9.80 Å². The summed E-state index contributed by atoms with van der Waals surface area (Å²) in [6.07, 6.45) is 3.80. The van der Waals surface area contributed by atoms with Crippen LogP contribution in [0.2, 0.25) is 0 Å². The van der Waals surface area contributed by atoms with E-state index in [9.17, 15) is 9.59 Å². The van der Waals surface area contributed by atoms with E-state index in [0.717, 1.165) is 25.0 Å². The Bertz CT molecular complexity index is 848. The van der Waals surface area contributed by atoms with Gasteiger partial charge in [0, 0.05) is 25.3 Å². The molecular weight excluding hydrogens is 424 g/mol. The predicted octanol–water partition coefficient (Wildman–Crippen LogP) is 2.30. The van der Waals surface area contributed by atoms with Crippen LogP contribution in [0, 0.1) is 0 Å². The molecular formula is C21H24N2O5S2. The van der Waals surface area contributed by atoms with Crippen LogP contribution in [0.5, 0.6) is 5.75 Å². The molecule has 7 nitrogen and oxygen atoms in total. The topological polar surface area (TPSA) is 68.3 Å². The summed E-state index contributed by atoms with van der Waals surface area (Å²) in [4.78, 5) is 29.1. The molecule has 0 spiro atoms. The molecule has 3 heterocycles. The number of carbonyl (C=O) groups excluding carboxylic acids is 2. The molecule has 0 N–H and O–H groups in total. The third kappa shape index (κ3) is 5.03. The number of morpholine rings is 1. The first kappa shape index (κ1) is 21.3. The van der Waals surface area contributed by atoms with Crippen LogP contribution in [-0.4, -0.2) is 78.1 Å². The Kier molecular flexibility index (Phi) is 7.04. The number of para-hydroxylation sites is 1. The van der Waals surface area contributed by atoms with E-state index in [-0.39, 0.29) is 24.5 Å². The van der Waals surface area contributed by atoms with Crippen molar-refractivity contribution in [2.75, 3.05) is 46.1 Å². The summed E-state index contributed by atoms with van der Waals surface area (Å²) in [5.41, 5.74) is 0.741. The number of hydrogen-bond donors (Lipinski definition) is 0. The third-order valence-corrected chi connectivity index (χ3v) is 6.58. The second-order valence-corrected chi connectivity index (χ2v) is 8.92. The molecule has 0 aromatic heterocycles. The zero-order valence-electron chi connectivity index (χ0n) is 16.6. The number of rotatable bonds is 6. The van der Waals surface area contributed by atoms with E-state index in [4.69, 9.17) is 26.4 Å². The van der Waals surface area contributed by atoms with Crippen molar-refractivity contribution in [3.63, 3.8) is 0 Å². The predicted molar refractivity (Wildman–Crippen MR) is 118 cm³/mol. The molecule has 0 bridgehead atoms. The smallest absolute Gasteiger partial charge is 0.266 e. The van der Waals surface area contributed by atoms with Crippen molar-refractivity contribution in [1.29, 1.82) is 0 Å². The maximum absolute atomic E-state index is 12.9. The Morgan fingerprint density at radius 3 is 2.83 bits per heavy atom. The lowest BCUT2D eigenvalue weighted by atomic mass is 10.2. The summed E-state index contributed by atoms with van der Waals surface area (Å²) in [5, 5.41) is 0. The zero-order chi connectivity index (χ0) is 20.9. The summed E-state index contributed by atoms with van der Waals surface area (Å²) >= 11 is 6.70. The number of carbonyl (C=O) groups is 2. The number of ether oxygens (including phenoxy) is 3. The van der Waals surface area contributed by atoms with Crippen LogP contribution in [0.1, 0.15) is 18.4 Å². The van der Waals surface area contributed by atoms with E-state index in [1.54, 1.807) is 21.9 Å². The largest absolute Gasteiger partial charge is 0.483 e. The molecule has 0 unspecified atom stereocenters. The van der Waals surface area contributed by atoms with Crippen molar-refractivity contribution >= 4 is 46.2 Å². The van der Waals surface area contributed by atoms with Crippen LogP contribution in [0.3, 0.4) is 0 Å². The second-order valence-electron chi connectivity index (χ2n) is 7.25. The molecule has 3 fully saturated rings. The fourth-order valence-electron chi connectivity index (χ4n) is 3.57. The van der Waals surface area contributed by atoms with Crippen molar-refractivity contribution in [2.24, 2.45) is 0 Å². The van der Waals surface area contributed by atoms with Crippen LogP contribution in [0.15, 0.2) is 29.2 Å². The molecule has 3 aliphatic heterocycles. The van der Waals surface area contributed by atoms with Crippen LogP contribution in [0.25, 0.3) is 6.08 Å². The molecule has 3 saturated heterocycles. The number of thiocarbonyl (C=S) groups is 1. The first-order valence-corrected chi connectivity index (χ1v) is 11.3. The minimum atomic E-state index is -0.111. The van der Waals surface area contributed by atoms with Crippen molar-refractivity contribution < 1.29 is 23.8 Å². The van der Waals surface area contributed by atoms with Crippen LogP contribution >= 0.6 is 24.0 Å². The standard InChI is InChI=1S/C21H24N2O5S2/c24-19(22-7-10-26-11-8-22)14-28-17-6-2-1-4-15(17)12-18-20(25)23(21(29)30-18)13-16-5-3-9-27-16/h1-2,4,6,12,16H,3,5,7-11,13-14H2/b18-12+/t16-/m1/s1. The lowest BCUT2D eigenvalue weighted by Gasteiger charge is -2.26. The van der Waals surface area contributed by atoms with Crippen LogP contribution in [-0.2, 0) is 19.1 Å². The first-order chi connectivity index (χ1) is 14.6. The summed E-state index contributed by atoms with van der Waals surface area (Å²) < 4.78 is 17.3. The normalized spacial score (nSPS) is 23.5. The fraction of sp³-hybridized carbons (Fsp3) is 0.476. The van der Waals surface area contributed by atoms with E-state index < -0.39 is 0 Å². The molecule has 160 valence electrons. The molecule has 1 aromatic carbocycles. The maximum atomic E-state index is 12.9. The Hall–Kier alpha value is -1.94. The molecule has 0 radical (unpaired) electrons. The van der Waals surface area contributed by atoms with Gasteiger partial charge < -0.3 is 19.1 Å². The first-order valence-electron chi connectivity index (χ1n) is 10.1. The van der Waals surface area contributed by atoms with Gasteiger partial charge in [0.15, 0.2) is 6.61 Å². The molecule has 3 aliphatic rings. The third-order valence-electron chi connectivity index (χ3n) is 5.20. The van der Waals surface area contributed by atoms with Gasteiger partial charge in [0.1, 0.15) is 10.1 Å². The van der Waals surface area contributed by atoms with Gasteiger partial charge in [-0.2, -0.15) is 0 Å². The Balaban J connectivity index is 1.42. The van der Waals surface area contributed by atoms with Gasteiger partial charge in [-0.25, -0.2) is 0 Å².